The number of carboxylic acid groups (broad SMARTS) is 1. The third kappa shape index (κ3) is 1.04. The van der Waals surface area contributed by atoms with E-state index in [9.17, 15) is 9.59 Å². The highest BCUT2D eigenvalue weighted by molar-refractivity contribution is 6.05. The van der Waals surface area contributed by atoms with Gasteiger partial charge in [-0.25, -0.2) is 4.79 Å². The number of carboxylic acids is 1. The molecule has 0 spiro atoms. The smallest absolute Gasteiger partial charge is 0.343 e. The molecule has 0 fully saturated rings. The number of benzene rings is 1. The van der Waals surface area contributed by atoms with Crippen molar-refractivity contribution < 1.29 is 14.7 Å². The molecule has 0 aliphatic carbocycles. The SMILES string of the molecule is O=CC1(C(=O)O)C=c2ccccc2=N1. The fourth-order valence-corrected chi connectivity index (χ4v) is 1.40. The predicted molar refractivity (Wildman–Crippen MR) is 48.1 cm³/mol. The maximum absolute atomic E-state index is 10.9. The van der Waals surface area contributed by atoms with Crippen molar-refractivity contribution in [3.05, 3.63) is 34.8 Å². The Morgan fingerprint density at radius 1 is 1.43 bits per heavy atom. The molecule has 2 rings (SSSR count). The Kier molecular flexibility index (Phi) is 1.70. The van der Waals surface area contributed by atoms with Crippen LogP contribution in [-0.2, 0) is 9.59 Å². The van der Waals surface area contributed by atoms with E-state index in [2.05, 4.69) is 4.99 Å². The molecule has 1 heterocycles. The van der Waals surface area contributed by atoms with Gasteiger partial charge in [-0.2, -0.15) is 0 Å². The number of aldehydes is 1. The number of hydrogen-bond acceptors (Lipinski definition) is 3. The quantitative estimate of drug-likeness (QED) is 0.485. The van der Waals surface area contributed by atoms with E-state index in [1.807, 2.05) is 0 Å². The molecule has 0 saturated carbocycles. The molecule has 0 radical (unpaired) electrons. The van der Waals surface area contributed by atoms with Crippen molar-refractivity contribution in [1.29, 1.82) is 0 Å². The van der Waals surface area contributed by atoms with Gasteiger partial charge in [0.15, 0.2) is 6.29 Å². The first-order chi connectivity index (χ1) is 6.68. The summed E-state index contributed by atoms with van der Waals surface area (Å²) in [6, 6.07) is 6.93. The van der Waals surface area contributed by atoms with E-state index >= 15 is 0 Å². The van der Waals surface area contributed by atoms with Crippen LogP contribution in [0.2, 0.25) is 0 Å². The van der Waals surface area contributed by atoms with E-state index in [0.717, 1.165) is 0 Å². The van der Waals surface area contributed by atoms with E-state index in [1.54, 1.807) is 24.3 Å². The molecule has 0 aromatic heterocycles. The minimum absolute atomic E-state index is 0.343. The molecular weight excluding hydrogens is 182 g/mol. The van der Waals surface area contributed by atoms with Crippen molar-refractivity contribution in [2.24, 2.45) is 4.99 Å². The van der Waals surface area contributed by atoms with Crippen LogP contribution < -0.4 is 10.6 Å². The summed E-state index contributed by atoms with van der Waals surface area (Å²) in [6.07, 6.45) is 1.70. The van der Waals surface area contributed by atoms with Crippen LogP contribution in [0.25, 0.3) is 6.08 Å². The van der Waals surface area contributed by atoms with Gasteiger partial charge in [0, 0.05) is 0 Å². The van der Waals surface area contributed by atoms with Crippen LogP contribution in [0.1, 0.15) is 0 Å². The van der Waals surface area contributed by atoms with Crippen molar-refractivity contribution >= 4 is 18.3 Å². The minimum Gasteiger partial charge on any atom is -0.479 e. The van der Waals surface area contributed by atoms with Gasteiger partial charge in [0.1, 0.15) is 0 Å². The number of carbonyl (C=O) groups excluding carboxylic acids is 1. The molecule has 1 aromatic rings. The van der Waals surface area contributed by atoms with Gasteiger partial charge in [-0.05, 0) is 17.4 Å². The molecule has 1 atom stereocenters. The molecule has 1 aliphatic heterocycles. The Hall–Kier alpha value is -1.97. The maximum atomic E-state index is 10.9. The summed E-state index contributed by atoms with van der Waals surface area (Å²) in [5, 5.41) is 10.1. The van der Waals surface area contributed by atoms with Crippen LogP contribution >= 0.6 is 0 Å². The summed E-state index contributed by atoms with van der Waals surface area (Å²) in [7, 11) is 0. The number of fused-ring (bicyclic) bond motifs is 1. The van der Waals surface area contributed by atoms with Crippen molar-refractivity contribution in [2.75, 3.05) is 0 Å². The molecule has 14 heavy (non-hydrogen) atoms. The number of rotatable bonds is 2. The first-order valence-corrected chi connectivity index (χ1v) is 4.05. The summed E-state index contributed by atoms with van der Waals surface area (Å²) in [6.45, 7) is 0. The second-order valence-electron chi connectivity index (χ2n) is 3.06. The van der Waals surface area contributed by atoms with Crippen molar-refractivity contribution in [1.82, 2.24) is 0 Å². The second-order valence-corrected chi connectivity index (χ2v) is 3.06. The average molecular weight is 189 g/mol. The lowest BCUT2D eigenvalue weighted by molar-refractivity contribution is -0.142. The lowest BCUT2D eigenvalue weighted by Gasteiger charge is -2.08. The van der Waals surface area contributed by atoms with Gasteiger partial charge in [-0.3, -0.25) is 9.79 Å². The maximum Gasteiger partial charge on any atom is 0.343 e. The average Bonchev–Trinajstić information content (AvgIpc) is 2.57. The Morgan fingerprint density at radius 3 is 2.71 bits per heavy atom. The molecule has 4 nitrogen and oxygen atoms in total. The van der Waals surface area contributed by atoms with Gasteiger partial charge in [-0.15, -0.1) is 0 Å². The molecule has 1 aromatic carbocycles. The van der Waals surface area contributed by atoms with E-state index in [4.69, 9.17) is 5.11 Å². The molecular formula is C10H7NO3. The molecule has 0 bridgehead atoms. The first-order valence-electron chi connectivity index (χ1n) is 4.05. The fraction of sp³-hybridized carbons (Fsp3) is 0.100. The summed E-state index contributed by atoms with van der Waals surface area (Å²) in [5.41, 5.74) is -1.72. The first kappa shape index (κ1) is 8.62. The van der Waals surface area contributed by atoms with Gasteiger partial charge in [0.05, 0.1) is 5.36 Å². The van der Waals surface area contributed by atoms with E-state index in [0.29, 0.717) is 16.9 Å². The lowest BCUT2D eigenvalue weighted by Crippen LogP contribution is -2.35. The van der Waals surface area contributed by atoms with Crippen LogP contribution in [0, 0.1) is 0 Å². The minimum atomic E-state index is -1.72. The highest BCUT2D eigenvalue weighted by Crippen LogP contribution is 2.11. The number of para-hydroxylation sites is 1. The van der Waals surface area contributed by atoms with Gasteiger partial charge < -0.3 is 5.11 Å². The highest BCUT2D eigenvalue weighted by atomic mass is 16.4. The van der Waals surface area contributed by atoms with Gasteiger partial charge in [-0.1, -0.05) is 18.2 Å². The Balaban J connectivity index is 2.74. The molecule has 70 valence electrons. The monoisotopic (exact) mass is 189 g/mol. The second kappa shape index (κ2) is 2.77. The molecule has 1 N–H and O–H groups in total. The van der Waals surface area contributed by atoms with Gasteiger partial charge >= 0.3 is 5.97 Å². The van der Waals surface area contributed by atoms with Crippen molar-refractivity contribution in [2.45, 2.75) is 5.54 Å². The fourth-order valence-electron chi connectivity index (χ4n) is 1.40. The van der Waals surface area contributed by atoms with E-state index in [1.165, 1.54) is 6.08 Å². The standard InChI is InChI=1S/C10H7NO3/c12-6-10(9(13)14)5-7-3-1-2-4-8(7)11-10/h1-6H,(H,13,14). The van der Waals surface area contributed by atoms with Crippen LogP contribution in [0.5, 0.6) is 0 Å². The van der Waals surface area contributed by atoms with Crippen LogP contribution in [0.3, 0.4) is 0 Å². The van der Waals surface area contributed by atoms with Gasteiger partial charge in [0.25, 0.3) is 0 Å². The molecule has 0 saturated heterocycles. The Labute approximate surface area is 79.2 Å². The number of carbonyl (C=O) groups is 2. The lowest BCUT2D eigenvalue weighted by atomic mass is 10.0. The van der Waals surface area contributed by atoms with Crippen LogP contribution in [0.15, 0.2) is 29.3 Å². The zero-order valence-corrected chi connectivity index (χ0v) is 7.18. The topological polar surface area (TPSA) is 66.7 Å². The van der Waals surface area contributed by atoms with Gasteiger partial charge in [0.2, 0.25) is 5.54 Å². The molecule has 0 amide bonds. The Bertz CT molecular complexity index is 483. The Morgan fingerprint density at radius 2 is 2.14 bits per heavy atom. The molecule has 4 heteroatoms. The normalized spacial score (nSPS) is 23.1. The van der Waals surface area contributed by atoms with Crippen LogP contribution in [-0.4, -0.2) is 22.9 Å². The summed E-state index contributed by atoms with van der Waals surface area (Å²) < 4.78 is 0. The summed E-state index contributed by atoms with van der Waals surface area (Å²) in [5.74, 6) is -1.25. The predicted octanol–water partition coefficient (Wildman–Crippen LogP) is -0.877. The molecule has 1 unspecified atom stereocenters. The summed E-state index contributed by atoms with van der Waals surface area (Å²) in [4.78, 5) is 25.5. The number of aliphatic carboxylic acids is 1. The molecule has 1 aliphatic rings. The number of hydrogen-bond donors (Lipinski definition) is 1. The van der Waals surface area contributed by atoms with Crippen LogP contribution in [0.4, 0.5) is 0 Å². The zero-order valence-electron chi connectivity index (χ0n) is 7.18. The largest absolute Gasteiger partial charge is 0.479 e. The zero-order chi connectivity index (χ0) is 10.2. The summed E-state index contributed by atoms with van der Waals surface area (Å²) >= 11 is 0. The van der Waals surface area contributed by atoms with Crippen molar-refractivity contribution in [3.8, 4) is 0 Å². The van der Waals surface area contributed by atoms with E-state index in [-0.39, 0.29) is 0 Å². The van der Waals surface area contributed by atoms with E-state index < -0.39 is 11.5 Å². The number of nitrogens with zero attached hydrogens (tertiary/aromatic N) is 1. The van der Waals surface area contributed by atoms with Crippen molar-refractivity contribution in [3.63, 3.8) is 0 Å². The third-order valence-corrected chi connectivity index (χ3v) is 2.14. The highest BCUT2D eigenvalue weighted by Gasteiger charge is 2.37. The third-order valence-electron chi connectivity index (χ3n) is 2.14.